The zero-order chi connectivity index (χ0) is 24.3. The lowest BCUT2D eigenvalue weighted by molar-refractivity contribution is -0.139. The van der Waals surface area contributed by atoms with E-state index in [0.717, 1.165) is 43.0 Å². The van der Waals surface area contributed by atoms with Crippen LogP contribution in [0.25, 0.3) is 0 Å². The highest BCUT2D eigenvalue weighted by atomic mass is 19.4. The molecule has 0 bridgehead atoms. The monoisotopic (exact) mass is 479 g/mol. The zero-order valence-corrected chi connectivity index (χ0v) is 19.1. The summed E-state index contributed by atoms with van der Waals surface area (Å²) in [5, 5.41) is 4.41. The largest absolute Gasteiger partial charge is 0.490 e. The molecular weight excluding hydrogens is 451 g/mol. The Balaban J connectivity index is 1.38. The number of ether oxygens (including phenoxy) is 2. The van der Waals surface area contributed by atoms with Crippen molar-refractivity contribution in [3.05, 3.63) is 46.8 Å². The fraction of sp³-hybridized carbons (Fsp3) is 0.542. The lowest BCUT2D eigenvalue weighted by Gasteiger charge is -2.32. The predicted octanol–water partition coefficient (Wildman–Crippen LogP) is 4.03. The highest BCUT2D eigenvalue weighted by molar-refractivity contribution is 5.89. The molecule has 7 nitrogen and oxygen atoms in total. The summed E-state index contributed by atoms with van der Waals surface area (Å²) in [5.74, 6) is -0.793. The van der Waals surface area contributed by atoms with E-state index in [4.69, 9.17) is 9.47 Å². The van der Waals surface area contributed by atoms with Crippen molar-refractivity contribution in [3.63, 3.8) is 0 Å². The van der Waals surface area contributed by atoms with Gasteiger partial charge in [0.05, 0.1) is 12.2 Å². The number of halogens is 3. The van der Waals surface area contributed by atoms with Crippen molar-refractivity contribution >= 4 is 11.9 Å². The molecule has 1 aliphatic heterocycles. The number of hydrogen-bond acceptors (Lipinski definition) is 5. The summed E-state index contributed by atoms with van der Waals surface area (Å²) in [7, 11) is 0. The third kappa shape index (κ3) is 5.20. The van der Waals surface area contributed by atoms with Crippen molar-refractivity contribution in [1.29, 1.82) is 0 Å². The average molecular weight is 479 g/mol. The predicted molar refractivity (Wildman–Crippen MR) is 116 cm³/mol. The summed E-state index contributed by atoms with van der Waals surface area (Å²) in [4.78, 5) is 27.0. The molecule has 34 heavy (non-hydrogen) atoms. The second-order valence-corrected chi connectivity index (χ2v) is 8.55. The first-order chi connectivity index (χ1) is 16.3. The average Bonchev–Trinajstić information content (AvgIpc) is 3.18. The molecule has 0 radical (unpaired) electrons. The third-order valence-corrected chi connectivity index (χ3v) is 6.29. The fourth-order valence-electron chi connectivity index (χ4n) is 4.60. The van der Waals surface area contributed by atoms with Crippen LogP contribution in [0, 0.1) is 0 Å². The van der Waals surface area contributed by atoms with Crippen molar-refractivity contribution in [3.8, 4) is 5.75 Å². The van der Waals surface area contributed by atoms with Gasteiger partial charge in [-0.25, -0.2) is 4.79 Å². The number of carbonyl (C=O) groups is 2. The number of benzene rings is 1. The van der Waals surface area contributed by atoms with Crippen LogP contribution < -0.4 is 4.74 Å². The number of piperidine rings is 1. The number of fused-ring (bicyclic) bond motifs is 1. The van der Waals surface area contributed by atoms with Crippen LogP contribution in [0.1, 0.15) is 59.9 Å². The zero-order valence-electron chi connectivity index (χ0n) is 19.1. The molecule has 4 rings (SSSR count). The van der Waals surface area contributed by atoms with E-state index in [-0.39, 0.29) is 24.8 Å². The molecule has 1 aromatic heterocycles. The van der Waals surface area contributed by atoms with Gasteiger partial charge in [0.2, 0.25) is 5.91 Å². The normalized spacial score (nSPS) is 16.8. The van der Waals surface area contributed by atoms with Crippen molar-refractivity contribution in [2.24, 2.45) is 0 Å². The van der Waals surface area contributed by atoms with Crippen molar-refractivity contribution in [2.45, 2.75) is 64.3 Å². The van der Waals surface area contributed by atoms with Gasteiger partial charge < -0.3 is 14.4 Å². The van der Waals surface area contributed by atoms with Gasteiger partial charge in [0, 0.05) is 37.2 Å². The van der Waals surface area contributed by atoms with Crippen LogP contribution in [0.3, 0.4) is 0 Å². The van der Waals surface area contributed by atoms with Gasteiger partial charge in [-0.2, -0.15) is 18.3 Å². The first kappa shape index (κ1) is 24.1. The maximum atomic E-state index is 13.2. The maximum absolute atomic E-state index is 13.2. The van der Waals surface area contributed by atoms with Gasteiger partial charge in [-0.05, 0) is 44.7 Å². The molecule has 1 fully saturated rings. The van der Waals surface area contributed by atoms with Crippen LogP contribution in [0.15, 0.2) is 24.3 Å². The minimum Gasteiger partial charge on any atom is -0.490 e. The standard InChI is InChI=1S/C24H28F3N3O4/c1-2-33-23(32)22-17-7-3-5-9-19(17)30(28-22)15-21(31)29-13-11-16(12-14-29)34-20-10-6-4-8-18(20)24(25,26)27/h4,6,8,10,16H,2-3,5,7,9,11-15H2,1H3. The minimum absolute atomic E-state index is 0.0180. The summed E-state index contributed by atoms with van der Waals surface area (Å²) >= 11 is 0. The molecular formula is C24H28F3N3O4. The topological polar surface area (TPSA) is 73.7 Å². The van der Waals surface area contributed by atoms with Gasteiger partial charge in [0.25, 0.3) is 0 Å². The highest BCUT2D eigenvalue weighted by Crippen LogP contribution is 2.37. The fourth-order valence-corrected chi connectivity index (χ4v) is 4.60. The van der Waals surface area contributed by atoms with Crippen LogP contribution in [-0.4, -0.2) is 52.4 Å². The second-order valence-electron chi connectivity index (χ2n) is 8.55. The molecule has 1 amide bonds. The van der Waals surface area contributed by atoms with Gasteiger partial charge in [-0.1, -0.05) is 12.1 Å². The Morgan fingerprint density at radius 1 is 1.12 bits per heavy atom. The number of nitrogens with zero attached hydrogens (tertiary/aromatic N) is 3. The van der Waals surface area contributed by atoms with E-state index in [1.165, 1.54) is 18.2 Å². The quantitative estimate of drug-likeness (QED) is 0.585. The first-order valence-corrected chi connectivity index (χ1v) is 11.6. The summed E-state index contributed by atoms with van der Waals surface area (Å²) in [6.07, 6.45) is -0.601. The number of esters is 1. The molecule has 2 aliphatic rings. The van der Waals surface area contributed by atoms with Crippen molar-refractivity contribution < 1.29 is 32.2 Å². The number of aromatic nitrogens is 2. The first-order valence-electron chi connectivity index (χ1n) is 11.6. The summed E-state index contributed by atoms with van der Waals surface area (Å²) < 4.78 is 52.1. The molecule has 2 aromatic rings. The molecule has 1 aliphatic carbocycles. The number of rotatable bonds is 6. The Kier molecular flexibility index (Phi) is 7.13. The number of hydrogen-bond donors (Lipinski definition) is 0. The minimum atomic E-state index is -4.49. The van der Waals surface area contributed by atoms with E-state index in [9.17, 15) is 22.8 Å². The second kappa shape index (κ2) is 10.1. The maximum Gasteiger partial charge on any atom is 0.419 e. The third-order valence-electron chi connectivity index (χ3n) is 6.29. The number of likely N-dealkylation sites (tertiary alicyclic amines) is 1. The van der Waals surface area contributed by atoms with E-state index >= 15 is 0 Å². The number of alkyl halides is 3. The van der Waals surface area contributed by atoms with Crippen molar-refractivity contribution in [1.82, 2.24) is 14.7 Å². The Bertz CT molecular complexity index is 1040. The van der Waals surface area contributed by atoms with E-state index in [1.807, 2.05) is 0 Å². The molecule has 184 valence electrons. The van der Waals surface area contributed by atoms with E-state index in [0.29, 0.717) is 31.6 Å². The van der Waals surface area contributed by atoms with Crippen LogP contribution in [0.4, 0.5) is 13.2 Å². The van der Waals surface area contributed by atoms with Gasteiger partial charge >= 0.3 is 12.1 Å². The van der Waals surface area contributed by atoms with Crippen molar-refractivity contribution in [2.75, 3.05) is 19.7 Å². The number of para-hydroxylation sites is 1. The van der Waals surface area contributed by atoms with Gasteiger partial charge in [0.15, 0.2) is 5.69 Å². The highest BCUT2D eigenvalue weighted by Gasteiger charge is 2.35. The molecule has 0 spiro atoms. The number of amides is 1. The molecule has 1 aromatic carbocycles. The van der Waals surface area contributed by atoms with Gasteiger partial charge in [-0.15, -0.1) is 0 Å². The Hall–Kier alpha value is -3.04. The van der Waals surface area contributed by atoms with E-state index in [2.05, 4.69) is 5.10 Å². The smallest absolute Gasteiger partial charge is 0.419 e. The van der Waals surface area contributed by atoms with Crippen LogP contribution in [-0.2, 0) is 35.1 Å². The van der Waals surface area contributed by atoms with E-state index in [1.54, 1.807) is 16.5 Å². The van der Waals surface area contributed by atoms with Crippen LogP contribution >= 0.6 is 0 Å². The molecule has 2 heterocycles. The number of carbonyl (C=O) groups excluding carboxylic acids is 2. The lowest BCUT2D eigenvalue weighted by Crippen LogP contribution is -2.43. The lowest BCUT2D eigenvalue weighted by atomic mass is 9.95. The Morgan fingerprint density at radius 3 is 2.53 bits per heavy atom. The Labute approximate surface area is 195 Å². The molecule has 0 saturated carbocycles. The van der Waals surface area contributed by atoms with Gasteiger partial charge in [0.1, 0.15) is 18.4 Å². The van der Waals surface area contributed by atoms with E-state index < -0.39 is 23.8 Å². The summed E-state index contributed by atoms with van der Waals surface area (Å²) in [6, 6.07) is 5.17. The summed E-state index contributed by atoms with van der Waals surface area (Å²) in [5.41, 5.74) is 1.27. The molecule has 1 saturated heterocycles. The molecule has 0 N–H and O–H groups in total. The molecule has 10 heteroatoms. The SMILES string of the molecule is CCOC(=O)c1nn(CC(=O)N2CCC(Oc3ccccc3C(F)(F)F)CC2)c2c1CCCC2. The Morgan fingerprint density at radius 2 is 1.82 bits per heavy atom. The molecule has 0 unspecified atom stereocenters. The van der Waals surface area contributed by atoms with Crippen LogP contribution in [0.2, 0.25) is 0 Å². The summed E-state index contributed by atoms with van der Waals surface area (Å²) in [6.45, 7) is 2.77. The van der Waals surface area contributed by atoms with Gasteiger partial charge in [-0.3, -0.25) is 9.48 Å². The molecule has 0 atom stereocenters. The van der Waals surface area contributed by atoms with Crippen LogP contribution in [0.5, 0.6) is 5.75 Å².